The monoisotopic (exact) mass is 241 g/mol. The van der Waals surface area contributed by atoms with Gasteiger partial charge in [-0.15, -0.1) is 0 Å². The zero-order valence-electron chi connectivity index (χ0n) is 11.3. The summed E-state index contributed by atoms with van der Waals surface area (Å²) in [6.07, 6.45) is 5.26. The fraction of sp³-hybridized carbons (Fsp3) is 0.857. The van der Waals surface area contributed by atoms with E-state index in [2.05, 4.69) is 25.7 Å². The Morgan fingerprint density at radius 3 is 2.82 bits per heavy atom. The smallest absolute Gasteiger partial charge is 0.0872 e. The summed E-state index contributed by atoms with van der Waals surface area (Å²) >= 11 is 0. The van der Waals surface area contributed by atoms with Crippen LogP contribution in [0.25, 0.3) is 0 Å². The number of nitrogens with zero attached hydrogens (tertiary/aromatic N) is 1. The van der Waals surface area contributed by atoms with Gasteiger partial charge in [0.25, 0.3) is 0 Å². The molecule has 0 amide bonds. The quantitative estimate of drug-likeness (QED) is 0.735. The van der Waals surface area contributed by atoms with Crippen molar-refractivity contribution in [1.29, 1.82) is 0 Å². The summed E-state index contributed by atoms with van der Waals surface area (Å²) in [5, 5.41) is 0. The zero-order valence-corrected chi connectivity index (χ0v) is 11.3. The van der Waals surface area contributed by atoms with Crippen molar-refractivity contribution in [3.63, 3.8) is 0 Å². The second-order valence-electron chi connectivity index (χ2n) is 6.45. The van der Waals surface area contributed by atoms with E-state index in [1.807, 2.05) is 0 Å². The molecule has 3 heteroatoms. The summed E-state index contributed by atoms with van der Waals surface area (Å²) in [6, 6.07) is 0. The fourth-order valence-electron chi connectivity index (χ4n) is 2.96. The van der Waals surface area contributed by atoms with Gasteiger partial charge in [-0.05, 0) is 52.2 Å². The first-order valence-electron chi connectivity index (χ1n) is 6.62. The second kappa shape index (κ2) is 4.69. The van der Waals surface area contributed by atoms with E-state index < -0.39 is 0 Å². The Bertz CT molecular complexity index is 308. The highest BCUT2D eigenvalue weighted by Crippen LogP contribution is 2.40. The standard InChI is InChI=1S/C14H24FNO/c1-13(2,3)17-11-14-6-4-5-7-16(14)10-12(8-14)9-15/h9H,4-8,10-11H2,1-3H3/b12-9-. The topological polar surface area (TPSA) is 12.5 Å². The van der Waals surface area contributed by atoms with Gasteiger partial charge >= 0.3 is 0 Å². The molecule has 0 spiro atoms. The highest BCUT2D eigenvalue weighted by molar-refractivity contribution is 5.18. The fourth-order valence-corrected chi connectivity index (χ4v) is 2.96. The number of halogens is 1. The number of hydrogen-bond donors (Lipinski definition) is 0. The third kappa shape index (κ3) is 2.89. The summed E-state index contributed by atoms with van der Waals surface area (Å²) < 4.78 is 18.7. The first-order valence-corrected chi connectivity index (χ1v) is 6.62. The van der Waals surface area contributed by atoms with Crippen LogP contribution in [-0.2, 0) is 4.74 Å². The molecule has 2 rings (SSSR count). The number of ether oxygens (including phenoxy) is 1. The highest BCUT2D eigenvalue weighted by Gasteiger charge is 2.45. The van der Waals surface area contributed by atoms with E-state index in [1.165, 1.54) is 12.8 Å². The van der Waals surface area contributed by atoms with E-state index in [0.29, 0.717) is 0 Å². The molecule has 0 bridgehead atoms. The maximum absolute atomic E-state index is 12.8. The van der Waals surface area contributed by atoms with Crippen molar-refractivity contribution in [2.45, 2.75) is 57.6 Å². The predicted molar refractivity (Wildman–Crippen MR) is 67.7 cm³/mol. The van der Waals surface area contributed by atoms with Gasteiger partial charge in [0.1, 0.15) is 0 Å². The van der Waals surface area contributed by atoms with Gasteiger partial charge in [0.05, 0.1) is 18.5 Å². The molecule has 0 aliphatic carbocycles. The molecule has 1 unspecified atom stereocenters. The van der Waals surface area contributed by atoms with Crippen molar-refractivity contribution >= 4 is 0 Å². The number of fused-ring (bicyclic) bond motifs is 1. The molecule has 0 N–H and O–H groups in total. The second-order valence-corrected chi connectivity index (χ2v) is 6.45. The summed E-state index contributed by atoms with van der Waals surface area (Å²) in [6.45, 7) is 8.86. The summed E-state index contributed by atoms with van der Waals surface area (Å²) in [5.74, 6) is 0. The molecule has 2 saturated heterocycles. The Kier molecular flexibility index (Phi) is 3.60. The molecule has 1 atom stereocenters. The molecule has 98 valence electrons. The van der Waals surface area contributed by atoms with Gasteiger partial charge in [0, 0.05) is 12.1 Å². The minimum atomic E-state index is -0.111. The first kappa shape index (κ1) is 13.0. The van der Waals surface area contributed by atoms with Crippen molar-refractivity contribution in [2.24, 2.45) is 0 Å². The molecular weight excluding hydrogens is 217 g/mol. The van der Waals surface area contributed by atoms with Crippen LogP contribution in [0, 0.1) is 0 Å². The van der Waals surface area contributed by atoms with E-state index >= 15 is 0 Å². The molecule has 2 nitrogen and oxygen atoms in total. The largest absolute Gasteiger partial charge is 0.374 e. The molecule has 0 radical (unpaired) electrons. The molecular formula is C14H24FNO. The molecule has 0 aromatic rings. The Morgan fingerprint density at radius 2 is 2.18 bits per heavy atom. The lowest BCUT2D eigenvalue weighted by atomic mass is 9.86. The average molecular weight is 241 g/mol. The van der Waals surface area contributed by atoms with E-state index in [0.717, 1.165) is 44.4 Å². The maximum atomic E-state index is 12.8. The molecule has 0 aromatic carbocycles. The average Bonchev–Trinajstić information content (AvgIpc) is 2.64. The van der Waals surface area contributed by atoms with Crippen LogP contribution in [0.5, 0.6) is 0 Å². The first-order chi connectivity index (χ1) is 7.95. The molecule has 0 saturated carbocycles. The van der Waals surface area contributed by atoms with E-state index in [-0.39, 0.29) is 11.1 Å². The molecule has 0 aromatic heterocycles. The van der Waals surface area contributed by atoms with Gasteiger partial charge in [-0.1, -0.05) is 6.42 Å². The van der Waals surface area contributed by atoms with E-state index in [4.69, 9.17) is 4.74 Å². The van der Waals surface area contributed by atoms with Crippen molar-refractivity contribution in [3.05, 3.63) is 11.9 Å². The predicted octanol–water partition coefficient (Wildman–Crippen LogP) is 3.28. The summed E-state index contributed by atoms with van der Waals surface area (Å²) in [4.78, 5) is 2.42. The van der Waals surface area contributed by atoms with Gasteiger partial charge < -0.3 is 4.74 Å². The van der Waals surface area contributed by atoms with Crippen LogP contribution >= 0.6 is 0 Å². The Hall–Kier alpha value is -0.410. The van der Waals surface area contributed by atoms with Crippen molar-refractivity contribution in [3.8, 4) is 0 Å². The van der Waals surface area contributed by atoms with Crippen molar-refractivity contribution < 1.29 is 9.13 Å². The third-order valence-corrected chi connectivity index (χ3v) is 3.87. The lowest BCUT2D eigenvalue weighted by Gasteiger charge is -2.43. The number of rotatable bonds is 2. The van der Waals surface area contributed by atoms with Crippen LogP contribution in [0.15, 0.2) is 11.9 Å². The molecule has 2 fully saturated rings. The number of hydrogen-bond acceptors (Lipinski definition) is 2. The van der Waals surface area contributed by atoms with Gasteiger partial charge in [-0.2, -0.15) is 0 Å². The normalized spacial score (nSPS) is 33.1. The highest BCUT2D eigenvalue weighted by atomic mass is 19.1. The molecule has 2 aliphatic rings. The zero-order chi connectivity index (χ0) is 12.5. The summed E-state index contributed by atoms with van der Waals surface area (Å²) in [7, 11) is 0. The maximum Gasteiger partial charge on any atom is 0.0872 e. The van der Waals surface area contributed by atoms with Crippen LogP contribution in [0.3, 0.4) is 0 Å². The van der Waals surface area contributed by atoms with Crippen LogP contribution in [0.4, 0.5) is 4.39 Å². The van der Waals surface area contributed by atoms with Gasteiger partial charge in [0.2, 0.25) is 0 Å². The van der Waals surface area contributed by atoms with Crippen LogP contribution in [-0.4, -0.2) is 35.7 Å². The lowest BCUT2D eigenvalue weighted by molar-refractivity contribution is -0.0725. The summed E-state index contributed by atoms with van der Waals surface area (Å²) in [5.41, 5.74) is 0.896. The van der Waals surface area contributed by atoms with Crippen LogP contribution < -0.4 is 0 Å². The lowest BCUT2D eigenvalue weighted by Crippen LogP contribution is -2.51. The Balaban J connectivity index is 2.08. The van der Waals surface area contributed by atoms with E-state index in [1.54, 1.807) is 0 Å². The number of piperidine rings is 1. The van der Waals surface area contributed by atoms with E-state index in [9.17, 15) is 4.39 Å². The minimum absolute atomic E-state index is 0.0729. The van der Waals surface area contributed by atoms with Gasteiger partial charge in [-0.25, -0.2) is 4.39 Å². The Labute approximate surface area is 104 Å². The minimum Gasteiger partial charge on any atom is -0.374 e. The van der Waals surface area contributed by atoms with Gasteiger partial charge in [0.15, 0.2) is 0 Å². The molecule has 17 heavy (non-hydrogen) atoms. The van der Waals surface area contributed by atoms with Crippen molar-refractivity contribution in [1.82, 2.24) is 4.90 Å². The van der Waals surface area contributed by atoms with Crippen LogP contribution in [0.2, 0.25) is 0 Å². The van der Waals surface area contributed by atoms with Crippen LogP contribution in [0.1, 0.15) is 46.5 Å². The molecule has 2 aliphatic heterocycles. The third-order valence-electron chi connectivity index (χ3n) is 3.87. The SMILES string of the molecule is CC(C)(C)OCC12CCCCN1C/C(=C\F)C2. The van der Waals surface area contributed by atoms with Crippen molar-refractivity contribution in [2.75, 3.05) is 19.7 Å². The molecule has 2 heterocycles. The van der Waals surface area contributed by atoms with Gasteiger partial charge in [-0.3, -0.25) is 4.90 Å². The Morgan fingerprint density at radius 1 is 1.41 bits per heavy atom.